The third-order valence-electron chi connectivity index (χ3n) is 1.80. The summed E-state index contributed by atoms with van der Waals surface area (Å²) < 4.78 is 40.7. The zero-order valence-corrected chi connectivity index (χ0v) is 7.64. The fraction of sp³-hybridized carbons (Fsp3) is 0.556. The standard InChI is InChI=1S/C9H11F3O2/c1-2-3-6(13)7-4-5-8(14-7)9(10,11)12/h4-6,13H,2-3H2,1H3. The summed E-state index contributed by atoms with van der Waals surface area (Å²) in [5, 5.41) is 9.34. The number of aliphatic hydroxyl groups excluding tert-OH is 1. The van der Waals surface area contributed by atoms with Crippen molar-refractivity contribution in [3.63, 3.8) is 0 Å². The molecule has 14 heavy (non-hydrogen) atoms. The van der Waals surface area contributed by atoms with Crippen molar-refractivity contribution in [3.05, 3.63) is 23.7 Å². The van der Waals surface area contributed by atoms with E-state index in [9.17, 15) is 18.3 Å². The first-order chi connectivity index (χ1) is 6.45. The largest absolute Gasteiger partial charge is 0.454 e. The molecule has 0 bridgehead atoms. The van der Waals surface area contributed by atoms with Gasteiger partial charge in [0.05, 0.1) is 0 Å². The van der Waals surface area contributed by atoms with Crippen molar-refractivity contribution in [2.75, 3.05) is 0 Å². The molecule has 1 N–H and O–H groups in total. The van der Waals surface area contributed by atoms with Crippen molar-refractivity contribution in [1.29, 1.82) is 0 Å². The van der Waals surface area contributed by atoms with Crippen LogP contribution in [0.1, 0.15) is 37.4 Å². The van der Waals surface area contributed by atoms with Crippen LogP contribution in [0.3, 0.4) is 0 Å². The fourth-order valence-corrected chi connectivity index (χ4v) is 1.10. The van der Waals surface area contributed by atoms with Gasteiger partial charge in [0.2, 0.25) is 5.76 Å². The van der Waals surface area contributed by atoms with Crippen molar-refractivity contribution in [1.82, 2.24) is 0 Å². The topological polar surface area (TPSA) is 33.4 Å². The van der Waals surface area contributed by atoms with Gasteiger partial charge in [-0.1, -0.05) is 13.3 Å². The van der Waals surface area contributed by atoms with Crippen LogP contribution >= 0.6 is 0 Å². The average Bonchev–Trinajstić information content (AvgIpc) is 2.51. The van der Waals surface area contributed by atoms with E-state index in [1.807, 2.05) is 6.92 Å². The third-order valence-corrected chi connectivity index (χ3v) is 1.80. The second kappa shape index (κ2) is 4.04. The van der Waals surface area contributed by atoms with Gasteiger partial charge in [0.15, 0.2) is 0 Å². The lowest BCUT2D eigenvalue weighted by atomic mass is 10.2. The molecule has 1 rings (SSSR count). The van der Waals surface area contributed by atoms with Crippen molar-refractivity contribution in [2.24, 2.45) is 0 Å². The highest BCUT2D eigenvalue weighted by Gasteiger charge is 2.35. The predicted octanol–water partition coefficient (Wildman–Crippen LogP) is 3.13. The molecule has 5 heteroatoms. The molecule has 0 aromatic carbocycles. The van der Waals surface area contributed by atoms with Crippen molar-refractivity contribution < 1.29 is 22.7 Å². The smallest absolute Gasteiger partial charge is 0.449 e. The summed E-state index contributed by atoms with van der Waals surface area (Å²) in [7, 11) is 0. The summed E-state index contributed by atoms with van der Waals surface area (Å²) in [4.78, 5) is 0. The number of aliphatic hydroxyl groups is 1. The molecule has 1 heterocycles. The molecule has 0 aliphatic carbocycles. The van der Waals surface area contributed by atoms with E-state index < -0.39 is 18.0 Å². The Labute approximate surface area is 79.3 Å². The van der Waals surface area contributed by atoms with Gasteiger partial charge in [0.1, 0.15) is 11.9 Å². The minimum atomic E-state index is -4.48. The summed E-state index contributed by atoms with van der Waals surface area (Å²) in [6.07, 6.45) is -4.35. The highest BCUT2D eigenvalue weighted by Crippen LogP contribution is 2.32. The Bertz CT molecular complexity index is 290. The van der Waals surface area contributed by atoms with Crippen LogP contribution in [-0.4, -0.2) is 5.11 Å². The van der Waals surface area contributed by atoms with E-state index in [0.29, 0.717) is 12.8 Å². The second-order valence-corrected chi connectivity index (χ2v) is 3.00. The van der Waals surface area contributed by atoms with Gasteiger partial charge in [-0.25, -0.2) is 0 Å². The van der Waals surface area contributed by atoms with Crippen LogP contribution in [0.4, 0.5) is 13.2 Å². The summed E-state index contributed by atoms with van der Waals surface area (Å²) in [5.41, 5.74) is 0. The molecular formula is C9H11F3O2. The van der Waals surface area contributed by atoms with Gasteiger partial charge in [-0.05, 0) is 18.6 Å². The van der Waals surface area contributed by atoms with Crippen LogP contribution < -0.4 is 0 Å². The zero-order chi connectivity index (χ0) is 10.8. The highest BCUT2D eigenvalue weighted by atomic mass is 19.4. The van der Waals surface area contributed by atoms with Crippen LogP contribution in [0.25, 0.3) is 0 Å². The highest BCUT2D eigenvalue weighted by molar-refractivity contribution is 5.11. The Kier molecular flexibility index (Phi) is 3.21. The molecule has 0 saturated heterocycles. The second-order valence-electron chi connectivity index (χ2n) is 3.00. The zero-order valence-electron chi connectivity index (χ0n) is 7.64. The molecule has 0 fully saturated rings. The molecule has 2 nitrogen and oxygen atoms in total. The Morgan fingerprint density at radius 1 is 1.43 bits per heavy atom. The van der Waals surface area contributed by atoms with Gasteiger partial charge in [-0.15, -0.1) is 0 Å². The first kappa shape index (κ1) is 11.1. The maximum Gasteiger partial charge on any atom is 0.449 e. The predicted molar refractivity (Wildman–Crippen MR) is 43.6 cm³/mol. The van der Waals surface area contributed by atoms with Crippen LogP contribution in [0.5, 0.6) is 0 Å². The summed E-state index contributed by atoms with van der Waals surface area (Å²) in [6, 6.07) is 1.98. The van der Waals surface area contributed by atoms with E-state index in [-0.39, 0.29) is 5.76 Å². The van der Waals surface area contributed by atoms with E-state index in [4.69, 9.17) is 0 Å². The summed E-state index contributed by atoms with van der Waals surface area (Å²) in [5.74, 6) is -1.10. The summed E-state index contributed by atoms with van der Waals surface area (Å²) >= 11 is 0. The number of furan rings is 1. The SMILES string of the molecule is CCCC(O)c1ccc(C(F)(F)F)o1. The molecule has 0 radical (unpaired) electrons. The van der Waals surface area contributed by atoms with Gasteiger partial charge < -0.3 is 9.52 Å². The Morgan fingerprint density at radius 2 is 2.07 bits per heavy atom. The van der Waals surface area contributed by atoms with Crippen molar-refractivity contribution in [3.8, 4) is 0 Å². The number of hydrogen-bond acceptors (Lipinski definition) is 2. The van der Waals surface area contributed by atoms with Crippen LogP contribution in [0, 0.1) is 0 Å². The van der Waals surface area contributed by atoms with Crippen LogP contribution in [-0.2, 0) is 6.18 Å². The first-order valence-electron chi connectivity index (χ1n) is 4.30. The summed E-state index contributed by atoms with van der Waals surface area (Å²) in [6.45, 7) is 1.83. The molecule has 1 unspecified atom stereocenters. The minimum Gasteiger partial charge on any atom is -0.454 e. The maximum absolute atomic E-state index is 12.1. The van der Waals surface area contributed by atoms with E-state index in [1.165, 1.54) is 0 Å². The molecule has 1 atom stereocenters. The maximum atomic E-state index is 12.1. The third kappa shape index (κ3) is 2.51. The van der Waals surface area contributed by atoms with E-state index in [2.05, 4.69) is 4.42 Å². The monoisotopic (exact) mass is 208 g/mol. The van der Waals surface area contributed by atoms with Gasteiger partial charge in [-0.3, -0.25) is 0 Å². The Morgan fingerprint density at radius 3 is 2.50 bits per heavy atom. The number of rotatable bonds is 3. The van der Waals surface area contributed by atoms with Gasteiger partial charge in [0.25, 0.3) is 0 Å². The van der Waals surface area contributed by atoms with Crippen molar-refractivity contribution in [2.45, 2.75) is 32.0 Å². The van der Waals surface area contributed by atoms with Gasteiger partial charge >= 0.3 is 6.18 Å². The van der Waals surface area contributed by atoms with Crippen molar-refractivity contribution >= 4 is 0 Å². The minimum absolute atomic E-state index is 0.0285. The van der Waals surface area contributed by atoms with Gasteiger partial charge in [0, 0.05) is 0 Å². The Balaban J connectivity index is 2.78. The lowest BCUT2D eigenvalue weighted by Crippen LogP contribution is -2.02. The van der Waals surface area contributed by atoms with Gasteiger partial charge in [-0.2, -0.15) is 13.2 Å². The molecule has 0 spiro atoms. The van der Waals surface area contributed by atoms with Crippen LogP contribution in [0.2, 0.25) is 0 Å². The normalized spacial score (nSPS) is 14.4. The molecule has 80 valence electrons. The lowest BCUT2D eigenvalue weighted by molar-refractivity contribution is -0.154. The average molecular weight is 208 g/mol. The molecule has 0 aliphatic rings. The number of hydrogen-bond donors (Lipinski definition) is 1. The molecule has 0 amide bonds. The first-order valence-corrected chi connectivity index (χ1v) is 4.30. The van der Waals surface area contributed by atoms with Crippen LogP contribution in [0.15, 0.2) is 16.5 Å². The van der Waals surface area contributed by atoms with E-state index in [1.54, 1.807) is 0 Å². The molecule has 0 saturated carbocycles. The Hall–Kier alpha value is -0.970. The fourth-order valence-electron chi connectivity index (χ4n) is 1.10. The number of halogens is 3. The number of alkyl halides is 3. The lowest BCUT2D eigenvalue weighted by Gasteiger charge is -2.05. The molecule has 0 aliphatic heterocycles. The van der Waals surface area contributed by atoms with E-state index in [0.717, 1.165) is 12.1 Å². The van der Waals surface area contributed by atoms with E-state index >= 15 is 0 Å². The molecular weight excluding hydrogens is 197 g/mol. The molecule has 1 aromatic rings. The molecule has 1 aromatic heterocycles. The quantitative estimate of drug-likeness (QED) is 0.827.